The smallest absolute Gasteiger partial charge is 0.180 e. The highest BCUT2D eigenvalue weighted by atomic mass is 32.2. The molecule has 0 saturated carbocycles. The second kappa shape index (κ2) is 6.01. The first-order valence-corrected chi connectivity index (χ1v) is 8.43. The minimum Gasteiger partial charge on any atom is -0.490 e. The van der Waals surface area contributed by atoms with Crippen LogP contribution in [-0.2, 0) is 9.84 Å². The van der Waals surface area contributed by atoms with Gasteiger partial charge in [-0.3, -0.25) is 0 Å². The average Bonchev–Trinajstić information content (AvgIpc) is 2.62. The SMILES string of the molecule is CC(C)C(N)CS(=O)(=O)c1ccc2c(c1)OCCCO2. The first-order valence-electron chi connectivity index (χ1n) is 6.78. The summed E-state index contributed by atoms with van der Waals surface area (Å²) in [6.07, 6.45) is 0.787. The van der Waals surface area contributed by atoms with Crippen LogP contribution in [0.1, 0.15) is 20.3 Å². The van der Waals surface area contributed by atoms with Gasteiger partial charge in [-0.05, 0) is 18.1 Å². The molecule has 0 spiro atoms. The highest BCUT2D eigenvalue weighted by molar-refractivity contribution is 7.91. The van der Waals surface area contributed by atoms with Crippen molar-refractivity contribution in [2.45, 2.75) is 31.2 Å². The van der Waals surface area contributed by atoms with Gasteiger partial charge in [-0.15, -0.1) is 0 Å². The second-order valence-corrected chi connectivity index (χ2v) is 7.38. The van der Waals surface area contributed by atoms with Crippen LogP contribution in [0.4, 0.5) is 0 Å². The van der Waals surface area contributed by atoms with Crippen LogP contribution in [0.5, 0.6) is 11.5 Å². The quantitative estimate of drug-likeness (QED) is 0.913. The zero-order valence-electron chi connectivity index (χ0n) is 11.8. The summed E-state index contributed by atoms with van der Waals surface area (Å²) in [5.41, 5.74) is 5.87. The topological polar surface area (TPSA) is 78.6 Å². The van der Waals surface area contributed by atoms with Crippen LogP contribution in [0.2, 0.25) is 0 Å². The Morgan fingerprint density at radius 1 is 1.20 bits per heavy atom. The van der Waals surface area contributed by atoms with Crippen LogP contribution in [0.3, 0.4) is 0 Å². The molecule has 1 heterocycles. The molecule has 5 nitrogen and oxygen atoms in total. The lowest BCUT2D eigenvalue weighted by atomic mass is 10.1. The monoisotopic (exact) mass is 299 g/mol. The lowest BCUT2D eigenvalue weighted by Crippen LogP contribution is -2.34. The van der Waals surface area contributed by atoms with Gasteiger partial charge in [0, 0.05) is 18.5 Å². The molecule has 2 rings (SSSR count). The molecular weight excluding hydrogens is 278 g/mol. The Morgan fingerprint density at radius 2 is 1.85 bits per heavy atom. The third-order valence-electron chi connectivity index (χ3n) is 3.35. The van der Waals surface area contributed by atoms with Crippen molar-refractivity contribution in [2.75, 3.05) is 19.0 Å². The lowest BCUT2D eigenvalue weighted by molar-refractivity contribution is 0.297. The summed E-state index contributed by atoms with van der Waals surface area (Å²) in [6.45, 7) is 4.93. The molecule has 6 heteroatoms. The molecule has 0 radical (unpaired) electrons. The van der Waals surface area contributed by atoms with Crippen molar-refractivity contribution in [3.05, 3.63) is 18.2 Å². The molecule has 1 aromatic carbocycles. The molecule has 0 bridgehead atoms. The van der Waals surface area contributed by atoms with Crippen LogP contribution in [0.15, 0.2) is 23.1 Å². The molecule has 2 N–H and O–H groups in total. The number of nitrogens with two attached hydrogens (primary N) is 1. The van der Waals surface area contributed by atoms with E-state index in [0.717, 1.165) is 6.42 Å². The van der Waals surface area contributed by atoms with Crippen LogP contribution in [0, 0.1) is 5.92 Å². The minimum atomic E-state index is -3.41. The van der Waals surface area contributed by atoms with Crippen molar-refractivity contribution < 1.29 is 17.9 Å². The van der Waals surface area contributed by atoms with Gasteiger partial charge >= 0.3 is 0 Å². The van der Waals surface area contributed by atoms with Crippen LogP contribution in [0.25, 0.3) is 0 Å². The van der Waals surface area contributed by atoms with Crippen molar-refractivity contribution in [3.63, 3.8) is 0 Å². The van der Waals surface area contributed by atoms with Crippen molar-refractivity contribution in [2.24, 2.45) is 11.7 Å². The third-order valence-corrected chi connectivity index (χ3v) is 5.14. The highest BCUT2D eigenvalue weighted by Gasteiger charge is 2.23. The van der Waals surface area contributed by atoms with Gasteiger partial charge in [-0.25, -0.2) is 8.42 Å². The fourth-order valence-corrected chi connectivity index (χ4v) is 3.53. The standard InChI is InChI=1S/C14H21NO4S/c1-10(2)12(15)9-20(16,17)11-4-5-13-14(8-11)19-7-3-6-18-13/h4-5,8,10,12H,3,6-7,9,15H2,1-2H3. The molecule has 1 aliphatic heterocycles. The highest BCUT2D eigenvalue weighted by Crippen LogP contribution is 2.32. The lowest BCUT2D eigenvalue weighted by Gasteiger charge is -2.16. The summed E-state index contributed by atoms with van der Waals surface area (Å²) in [7, 11) is -3.41. The zero-order chi connectivity index (χ0) is 14.8. The molecule has 1 aromatic rings. The molecule has 1 atom stereocenters. The van der Waals surface area contributed by atoms with Crippen LogP contribution < -0.4 is 15.2 Å². The van der Waals surface area contributed by atoms with E-state index in [2.05, 4.69) is 0 Å². The Hall–Kier alpha value is -1.27. The molecular formula is C14H21NO4S. The van der Waals surface area contributed by atoms with Gasteiger partial charge < -0.3 is 15.2 Å². The van der Waals surface area contributed by atoms with E-state index in [9.17, 15) is 8.42 Å². The Bertz CT molecular complexity index is 569. The van der Waals surface area contributed by atoms with Crippen molar-refractivity contribution in [1.29, 1.82) is 0 Å². The van der Waals surface area contributed by atoms with Gasteiger partial charge in [-0.1, -0.05) is 13.8 Å². The van der Waals surface area contributed by atoms with E-state index in [0.29, 0.717) is 24.7 Å². The zero-order valence-corrected chi connectivity index (χ0v) is 12.7. The van der Waals surface area contributed by atoms with E-state index in [-0.39, 0.29) is 22.6 Å². The van der Waals surface area contributed by atoms with Gasteiger partial charge in [0.05, 0.1) is 23.9 Å². The van der Waals surface area contributed by atoms with Gasteiger partial charge in [0.2, 0.25) is 0 Å². The van der Waals surface area contributed by atoms with Gasteiger partial charge in [0.25, 0.3) is 0 Å². The molecule has 1 unspecified atom stereocenters. The Balaban J connectivity index is 2.26. The van der Waals surface area contributed by atoms with E-state index >= 15 is 0 Å². The van der Waals surface area contributed by atoms with Crippen molar-refractivity contribution >= 4 is 9.84 Å². The van der Waals surface area contributed by atoms with Gasteiger partial charge in [-0.2, -0.15) is 0 Å². The van der Waals surface area contributed by atoms with E-state index in [4.69, 9.17) is 15.2 Å². The first kappa shape index (κ1) is 15.1. The summed E-state index contributed by atoms with van der Waals surface area (Å²) in [5.74, 6) is 1.13. The summed E-state index contributed by atoms with van der Waals surface area (Å²) >= 11 is 0. The number of sulfone groups is 1. The summed E-state index contributed by atoms with van der Waals surface area (Å²) < 4.78 is 35.7. The fourth-order valence-electron chi connectivity index (χ4n) is 1.88. The molecule has 0 saturated heterocycles. The van der Waals surface area contributed by atoms with Gasteiger partial charge in [0.1, 0.15) is 0 Å². The summed E-state index contributed by atoms with van der Waals surface area (Å²) in [6, 6.07) is 4.35. The maximum Gasteiger partial charge on any atom is 0.180 e. The van der Waals surface area contributed by atoms with Gasteiger partial charge in [0.15, 0.2) is 21.3 Å². The van der Waals surface area contributed by atoms with Crippen molar-refractivity contribution in [1.82, 2.24) is 0 Å². The number of ether oxygens (including phenoxy) is 2. The third kappa shape index (κ3) is 3.43. The largest absolute Gasteiger partial charge is 0.490 e. The predicted molar refractivity (Wildman–Crippen MR) is 76.9 cm³/mol. The molecule has 0 aromatic heterocycles. The minimum absolute atomic E-state index is 0.0652. The Morgan fingerprint density at radius 3 is 2.50 bits per heavy atom. The Labute approximate surface area is 120 Å². The molecule has 0 fully saturated rings. The molecule has 112 valence electrons. The maximum atomic E-state index is 12.3. The number of rotatable bonds is 4. The van der Waals surface area contributed by atoms with E-state index in [1.54, 1.807) is 12.1 Å². The first-order chi connectivity index (χ1) is 9.40. The second-order valence-electron chi connectivity index (χ2n) is 5.35. The van der Waals surface area contributed by atoms with E-state index in [1.807, 2.05) is 13.8 Å². The normalized spacial score (nSPS) is 16.8. The van der Waals surface area contributed by atoms with E-state index in [1.165, 1.54) is 6.07 Å². The summed E-state index contributed by atoms with van der Waals surface area (Å²) in [4.78, 5) is 0.234. The molecule has 0 aliphatic carbocycles. The van der Waals surface area contributed by atoms with Crippen molar-refractivity contribution in [3.8, 4) is 11.5 Å². The maximum absolute atomic E-state index is 12.3. The van der Waals surface area contributed by atoms with E-state index < -0.39 is 9.84 Å². The van der Waals surface area contributed by atoms with Crippen LogP contribution >= 0.6 is 0 Å². The number of fused-ring (bicyclic) bond motifs is 1. The molecule has 0 amide bonds. The predicted octanol–water partition coefficient (Wildman–Crippen LogP) is 1.60. The number of hydrogen-bond donors (Lipinski definition) is 1. The average molecular weight is 299 g/mol. The number of benzene rings is 1. The number of hydrogen-bond acceptors (Lipinski definition) is 5. The van der Waals surface area contributed by atoms with Crippen LogP contribution in [-0.4, -0.2) is 33.4 Å². The summed E-state index contributed by atoms with van der Waals surface area (Å²) in [5, 5.41) is 0. The molecule has 20 heavy (non-hydrogen) atoms. The molecule has 1 aliphatic rings. The fraction of sp³-hybridized carbons (Fsp3) is 0.571. The Kier molecular flexibility index (Phi) is 4.55.